The van der Waals surface area contributed by atoms with E-state index in [0.717, 1.165) is 5.69 Å². The standard InChI is InChI=1S/C15H19N3/c1-12(13(2)16-3)10-14-4-6-15(7-5-14)18-9-8-17-11-18/h4-11,13,16H,1-3H3/b12-10+. The lowest BCUT2D eigenvalue weighted by Crippen LogP contribution is -2.21. The van der Waals surface area contributed by atoms with Crippen LogP contribution in [0.2, 0.25) is 0 Å². The van der Waals surface area contributed by atoms with Gasteiger partial charge in [0, 0.05) is 24.1 Å². The molecule has 18 heavy (non-hydrogen) atoms. The Morgan fingerprint density at radius 3 is 2.61 bits per heavy atom. The van der Waals surface area contributed by atoms with Crippen molar-refractivity contribution >= 4 is 6.08 Å². The van der Waals surface area contributed by atoms with E-state index in [0.29, 0.717) is 6.04 Å². The minimum absolute atomic E-state index is 0.401. The topological polar surface area (TPSA) is 29.9 Å². The van der Waals surface area contributed by atoms with Crippen LogP contribution >= 0.6 is 0 Å². The molecule has 2 rings (SSSR count). The minimum atomic E-state index is 0.401. The Bertz CT molecular complexity index is 509. The summed E-state index contributed by atoms with van der Waals surface area (Å²) in [4.78, 5) is 4.05. The van der Waals surface area contributed by atoms with Crippen LogP contribution in [0.1, 0.15) is 19.4 Å². The van der Waals surface area contributed by atoms with Crippen LogP contribution < -0.4 is 5.32 Å². The molecular formula is C15H19N3. The Morgan fingerprint density at radius 2 is 2.06 bits per heavy atom. The molecule has 1 N–H and O–H groups in total. The highest BCUT2D eigenvalue weighted by Crippen LogP contribution is 2.13. The highest BCUT2D eigenvalue weighted by atomic mass is 15.0. The predicted molar refractivity (Wildman–Crippen MR) is 75.7 cm³/mol. The van der Waals surface area contributed by atoms with E-state index in [-0.39, 0.29) is 0 Å². The number of likely N-dealkylation sites (N-methyl/N-ethyl adjacent to an activating group) is 1. The molecule has 0 radical (unpaired) electrons. The molecule has 1 heterocycles. The molecule has 0 amide bonds. The second kappa shape index (κ2) is 5.65. The molecule has 1 aromatic carbocycles. The normalized spacial score (nSPS) is 13.6. The van der Waals surface area contributed by atoms with Gasteiger partial charge in [0.05, 0.1) is 6.33 Å². The Hall–Kier alpha value is -1.87. The van der Waals surface area contributed by atoms with Crippen molar-refractivity contribution < 1.29 is 0 Å². The zero-order valence-corrected chi connectivity index (χ0v) is 11.1. The third-order valence-electron chi connectivity index (χ3n) is 3.21. The summed E-state index contributed by atoms with van der Waals surface area (Å²) in [6.45, 7) is 4.30. The molecule has 1 aromatic heterocycles. The smallest absolute Gasteiger partial charge is 0.0991 e. The van der Waals surface area contributed by atoms with Crippen LogP contribution in [0.3, 0.4) is 0 Å². The predicted octanol–water partition coefficient (Wildman–Crippen LogP) is 2.88. The van der Waals surface area contributed by atoms with E-state index in [9.17, 15) is 0 Å². The quantitative estimate of drug-likeness (QED) is 0.892. The van der Waals surface area contributed by atoms with Crippen molar-refractivity contribution in [2.45, 2.75) is 19.9 Å². The second-order valence-corrected chi connectivity index (χ2v) is 4.46. The van der Waals surface area contributed by atoms with Gasteiger partial charge in [-0.1, -0.05) is 23.8 Å². The number of nitrogens with zero attached hydrogens (tertiary/aromatic N) is 2. The molecule has 0 saturated heterocycles. The highest BCUT2D eigenvalue weighted by molar-refractivity contribution is 5.55. The number of hydrogen-bond donors (Lipinski definition) is 1. The number of nitrogens with one attached hydrogen (secondary N) is 1. The van der Waals surface area contributed by atoms with Crippen LogP contribution in [0.15, 0.2) is 48.6 Å². The van der Waals surface area contributed by atoms with Crippen molar-refractivity contribution in [1.29, 1.82) is 0 Å². The van der Waals surface area contributed by atoms with Crippen LogP contribution in [-0.2, 0) is 0 Å². The number of benzene rings is 1. The van der Waals surface area contributed by atoms with E-state index in [4.69, 9.17) is 0 Å². The van der Waals surface area contributed by atoms with E-state index in [1.807, 2.05) is 17.8 Å². The van der Waals surface area contributed by atoms with Crippen LogP contribution in [0.4, 0.5) is 0 Å². The van der Waals surface area contributed by atoms with Gasteiger partial charge in [-0.2, -0.15) is 0 Å². The lowest BCUT2D eigenvalue weighted by atomic mass is 10.1. The molecule has 1 unspecified atom stereocenters. The van der Waals surface area contributed by atoms with Gasteiger partial charge in [-0.25, -0.2) is 4.98 Å². The molecule has 3 nitrogen and oxygen atoms in total. The molecule has 0 aliphatic heterocycles. The van der Waals surface area contributed by atoms with Gasteiger partial charge in [-0.05, 0) is 38.6 Å². The lowest BCUT2D eigenvalue weighted by molar-refractivity contribution is 0.696. The molecule has 0 saturated carbocycles. The van der Waals surface area contributed by atoms with Gasteiger partial charge in [-0.3, -0.25) is 0 Å². The first-order valence-corrected chi connectivity index (χ1v) is 6.14. The average molecular weight is 241 g/mol. The summed E-state index contributed by atoms with van der Waals surface area (Å²) in [7, 11) is 1.98. The summed E-state index contributed by atoms with van der Waals surface area (Å²) < 4.78 is 2.00. The fourth-order valence-electron chi connectivity index (χ4n) is 1.77. The van der Waals surface area contributed by atoms with Gasteiger partial charge < -0.3 is 9.88 Å². The summed E-state index contributed by atoms with van der Waals surface area (Å²) in [5, 5.41) is 3.24. The third kappa shape index (κ3) is 2.87. The van der Waals surface area contributed by atoms with Gasteiger partial charge in [0.1, 0.15) is 0 Å². The fourth-order valence-corrected chi connectivity index (χ4v) is 1.77. The van der Waals surface area contributed by atoms with Gasteiger partial charge in [0.2, 0.25) is 0 Å². The minimum Gasteiger partial charge on any atom is -0.314 e. The lowest BCUT2D eigenvalue weighted by Gasteiger charge is -2.10. The van der Waals surface area contributed by atoms with Crippen molar-refractivity contribution in [3.8, 4) is 5.69 Å². The fraction of sp³-hybridized carbons (Fsp3) is 0.267. The summed E-state index contributed by atoms with van der Waals surface area (Å²) in [5.41, 5.74) is 3.68. The number of imidazole rings is 1. The van der Waals surface area contributed by atoms with Crippen molar-refractivity contribution in [3.05, 3.63) is 54.1 Å². The van der Waals surface area contributed by atoms with Crippen molar-refractivity contribution in [1.82, 2.24) is 14.9 Å². The van der Waals surface area contributed by atoms with E-state index < -0.39 is 0 Å². The Labute approximate surface area is 108 Å². The first-order valence-electron chi connectivity index (χ1n) is 6.14. The van der Waals surface area contributed by atoms with Crippen LogP contribution in [0.25, 0.3) is 11.8 Å². The van der Waals surface area contributed by atoms with Crippen LogP contribution in [0, 0.1) is 0 Å². The second-order valence-electron chi connectivity index (χ2n) is 4.46. The number of rotatable bonds is 4. The average Bonchev–Trinajstić information content (AvgIpc) is 2.92. The van der Waals surface area contributed by atoms with E-state index >= 15 is 0 Å². The van der Waals surface area contributed by atoms with E-state index in [1.54, 1.807) is 12.5 Å². The van der Waals surface area contributed by atoms with Gasteiger partial charge in [-0.15, -0.1) is 0 Å². The van der Waals surface area contributed by atoms with Crippen LogP contribution in [0.5, 0.6) is 0 Å². The summed E-state index contributed by atoms with van der Waals surface area (Å²) in [6.07, 6.45) is 7.74. The van der Waals surface area contributed by atoms with E-state index in [1.165, 1.54) is 11.1 Å². The molecule has 0 bridgehead atoms. The molecule has 0 aliphatic carbocycles. The summed E-state index contributed by atoms with van der Waals surface area (Å²) >= 11 is 0. The Morgan fingerprint density at radius 1 is 1.33 bits per heavy atom. The number of hydrogen-bond acceptors (Lipinski definition) is 2. The molecule has 94 valence electrons. The summed E-state index contributed by atoms with van der Waals surface area (Å²) in [5.74, 6) is 0. The molecule has 0 aliphatic rings. The first-order chi connectivity index (χ1) is 8.70. The van der Waals surface area contributed by atoms with Crippen molar-refractivity contribution in [3.63, 3.8) is 0 Å². The SMILES string of the molecule is CNC(C)/C(C)=C/c1ccc(-n2ccnc2)cc1. The molecular weight excluding hydrogens is 222 g/mol. The molecule has 0 spiro atoms. The molecule has 1 atom stereocenters. The molecule has 0 fully saturated rings. The van der Waals surface area contributed by atoms with Gasteiger partial charge >= 0.3 is 0 Å². The summed E-state index contributed by atoms with van der Waals surface area (Å²) in [6, 6.07) is 8.86. The Balaban J connectivity index is 2.18. The van der Waals surface area contributed by atoms with E-state index in [2.05, 4.69) is 54.5 Å². The maximum Gasteiger partial charge on any atom is 0.0991 e. The van der Waals surface area contributed by atoms with Gasteiger partial charge in [0.25, 0.3) is 0 Å². The zero-order chi connectivity index (χ0) is 13.0. The van der Waals surface area contributed by atoms with Crippen molar-refractivity contribution in [2.24, 2.45) is 0 Å². The number of aromatic nitrogens is 2. The van der Waals surface area contributed by atoms with Crippen molar-refractivity contribution in [2.75, 3.05) is 7.05 Å². The highest BCUT2D eigenvalue weighted by Gasteiger charge is 2.00. The van der Waals surface area contributed by atoms with Crippen LogP contribution in [-0.4, -0.2) is 22.6 Å². The molecule has 3 heteroatoms. The van der Waals surface area contributed by atoms with Gasteiger partial charge in [0.15, 0.2) is 0 Å². The zero-order valence-electron chi connectivity index (χ0n) is 11.1. The largest absolute Gasteiger partial charge is 0.314 e. The maximum absolute atomic E-state index is 4.05. The maximum atomic E-state index is 4.05. The Kier molecular flexibility index (Phi) is 3.95. The monoisotopic (exact) mass is 241 g/mol. The first kappa shape index (κ1) is 12.6. The third-order valence-corrected chi connectivity index (χ3v) is 3.21. The molecule has 2 aromatic rings.